The molecule has 0 aromatic heterocycles. The van der Waals surface area contributed by atoms with E-state index in [0.717, 1.165) is 13.2 Å². The molecule has 3 aliphatic rings. The van der Waals surface area contributed by atoms with Crippen molar-refractivity contribution in [2.45, 2.75) is 64.6 Å². The highest BCUT2D eigenvalue weighted by Crippen LogP contribution is 2.57. The maximum Gasteiger partial charge on any atom is 0.0690 e. The summed E-state index contributed by atoms with van der Waals surface area (Å²) in [6.45, 7) is 11.1. The van der Waals surface area contributed by atoms with Crippen molar-refractivity contribution < 1.29 is 4.74 Å². The minimum atomic E-state index is -0.0866. The Morgan fingerprint density at radius 1 is 1.28 bits per heavy atom. The monoisotopic (exact) mass is 252 g/mol. The van der Waals surface area contributed by atoms with Crippen LogP contribution in [0.15, 0.2) is 0 Å². The van der Waals surface area contributed by atoms with Gasteiger partial charge in [-0.15, -0.1) is 0 Å². The lowest BCUT2D eigenvalue weighted by atomic mass is 9.46. The topological polar surface area (TPSA) is 47.3 Å². The molecule has 0 aromatic carbocycles. The molecule has 0 bridgehead atoms. The van der Waals surface area contributed by atoms with E-state index < -0.39 is 0 Å². The summed E-state index contributed by atoms with van der Waals surface area (Å²) in [6, 6.07) is 0.664. The smallest absolute Gasteiger partial charge is 0.0690 e. The number of hydrogen-bond acceptors (Lipinski definition) is 3. The van der Waals surface area contributed by atoms with Crippen LogP contribution in [0.1, 0.15) is 47.0 Å². The van der Waals surface area contributed by atoms with E-state index in [1.165, 1.54) is 19.3 Å². The normalized spacial score (nSPS) is 48.2. The number of rotatable bonds is 3. The zero-order chi connectivity index (χ0) is 13.2. The van der Waals surface area contributed by atoms with E-state index in [2.05, 4.69) is 33.0 Å². The molecule has 3 nitrogen and oxygen atoms in total. The highest BCUT2D eigenvalue weighted by molar-refractivity contribution is 5.21. The first-order chi connectivity index (χ1) is 8.29. The van der Waals surface area contributed by atoms with Crippen molar-refractivity contribution in [3.63, 3.8) is 0 Å². The predicted molar refractivity (Wildman–Crippen MR) is 73.4 cm³/mol. The molecule has 3 heteroatoms. The van der Waals surface area contributed by atoms with Crippen molar-refractivity contribution in [3.05, 3.63) is 0 Å². The molecular formula is C15H28N2O. The Morgan fingerprint density at radius 3 is 2.56 bits per heavy atom. The lowest BCUT2D eigenvalue weighted by Crippen LogP contribution is -2.80. The van der Waals surface area contributed by atoms with Gasteiger partial charge >= 0.3 is 0 Å². The largest absolute Gasteiger partial charge is 0.377 e. The van der Waals surface area contributed by atoms with Crippen molar-refractivity contribution in [2.75, 3.05) is 13.2 Å². The van der Waals surface area contributed by atoms with Crippen molar-refractivity contribution >= 4 is 0 Å². The number of ether oxygens (including phenoxy) is 1. The second kappa shape index (κ2) is 3.71. The second-order valence-corrected chi connectivity index (χ2v) is 7.93. The highest BCUT2D eigenvalue weighted by atomic mass is 16.5. The molecule has 104 valence electrons. The van der Waals surface area contributed by atoms with Gasteiger partial charge in [0.15, 0.2) is 0 Å². The van der Waals surface area contributed by atoms with Crippen molar-refractivity contribution in [1.29, 1.82) is 0 Å². The third-order valence-corrected chi connectivity index (χ3v) is 6.05. The van der Waals surface area contributed by atoms with Crippen molar-refractivity contribution in [1.82, 2.24) is 5.32 Å². The standard InChI is InChI=1S/C15H28N2O/c1-13(2)8-11(13)17-9-15(16)10-6-5-7-18-12(10)14(15,3)4/h10-12,17H,5-9,16H2,1-4H3. The maximum absolute atomic E-state index is 6.76. The van der Waals surface area contributed by atoms with Crippen LogP contribution in [-0.4, -0.2) is 30.8 Å². The Hall–Kier alpha value is -0.120. The number of hydrogen-bond donors (Lipinski definition) is 2. The zero-order valence-electron chi connectivity index (χ0n) is 12.3. The molecule has 4 atom stereocenters. The predicted octanol–water partition coefficient (Wildman–Crippen LogP) is 1.91. The molecule has 1 saturated heterocycles. The summed E-state index contributed by atoms with van der Waals surface area (Å²) in [5.41, 5.74) is 7.25. The average Bonchev–Trinajstić information content (AvgIpc) is 2.94. The summed E-state index contributed by atoms with van der Waals surface area (Å²) in [5.74, 6) is 0.551. The van der Waals surface area contributed by atoms with Gasteiger partial charge in [-0.3, -0.25) is 0 Å². The molecule has 4 unspecified atom stereocenters. The molecule has 0 spiro atoms. The minimum Gasteiger partial charge on any atom is -0.377 e. The summed E-state index contributed by atoms with van der Waals surface area (Å²) in [7, 11) is 0. The molecule has 3 rings (SSSR count). The van der Waals surface area contributed by atoms with Crippen LogP contribution in [0.25, 0.3) is 0 Å². The van der Waals surface area contributed by atoms with Crippen LogP contribution in [0.2, 0.25) is 0 Å². The van der Waals surface area contributed by atoms with Gasteiger partial charge in [-0.05, 0) is 24.7 Å². The molecule has 2 saturated carbocycles. The summed E-state index contributed by atoms with van der Waals surface area (Å²) in [5, 5.41) is 3.70. The fourth-order valence-electron chi connectivity index (χ4n) is 4.13. The Kier molecular flexibility index (Phi) is 2.66. The van der Waals surface area contributed by atoms with Gasteiger partial charge in [-0.1, -0.05) is 27.7 Å². The molecule has 1 aliphatic heterocycles. The van der Waals surface area contributed by atoms with Crippen LogP contribution >= 0.6 is 0 Å². The Bertz CT molecular complexity index is 352. The van der Waals surface area contributed by atoms with Gasteiger partial charge in [-0.25, -0.2) is 0 Å². The molecule has 0 radical (unpaired) electrons. The maximum atomic E-state index is 6.76. The summed E-state index contributed by atoms with van der Waals surface area (Å²) < 4.78 is 5.94. The molecule has 2 aliphatic carbocycles. The van der Waals surface area contributed by atoms with Crippen LogP contribution in [-0.2, 0) is 4.74 Å². The molecule has 3 N–H and O–H groups in total. The molecule has 18 heavy (non-hydrogen) atoms. The van der Waals surface area contributed by atoms with Gasteiger partial charge in [0.2, 0.25) is 0 Å². The summed E-state index contributed by atoms with van der Waals surface area (Å²) in [4.78, 5) is 0. The van der Waals surface area contributed by atoms with Gasteiger partial charge in [-0.2, -0.15) is 0 Å². The van der Waals surface area contributed by atoms with Gasteiger partial charge in [0, 0.05) is 36.1 Å². The summed E-state index contributed by atoms with van der Waals surface area (Å²) >= 11 is 0. The lowest BCUT2D eigenvalue weighted by molar-refractivity contribution is -0.225. The van der Waals surface area contributed by atoms with Gasteiger partial charge in [0.1, 0.15) is 0 Å². The fraction of sp³-hybridized carbons (Fsp3) is 1.00. The van der Waals surface area contributed by atoms with Crippen molar-refractivity contribution in [2.24, 2.45) is 22.5 Å². The SMILES string of the molecule is CC1(C)CC1NCC1(N)C2CCCOC2C1(C)C. The first-order valence-corrected chi connectivity index (χ1v) is 7.43. The molecule has 0 amide bonds. The van der Waals surface area contributed by atoms with E-state index in [0.29, 0.717) is 23.5 Å². The minimum absolute atomic E-state index is 0.0866. The first kappa shape index (κ1) is 12.9. The van der Waals surface area contributed by atoms with E-state index in [-0.39, 0.29) is 11.0 Å². The van der Waals surface area contributed by atoms with Gasteiger partial charge < -0.3 is 15.8 Å². The van der Waals surface area contributed by atoms with Gasteiger partial charge in [0.05, 0.1) is 6.10 Å². The number of nitrogens with one attached hydrogen (secondary N) is 1. The third kappa shape index (κ3) is 1.60. The van der Waals surface area contributed by atoms with Gasteiger partial charge in [0.25, 0.3) is 0 Å². The van der Waals surface area contributed by atoms with E-state index in [1.54, 1.807) is 0 Å². The van der Waals surface area contributed by atoms with E-state index in [4.69, 9.17) is 10.5 Å². The Balaban J connectivity index is 1.65. The second-order valence-electron chi connectivity index (χ2n) is 7.93. The number of nitrogens with two attached hydrogens (primary N) is 1. The van der Waals surface area contributed by atoms with Crippen LogP contribution in [0.4, 0.5) is 0 Å². The third-order valence-electron chi connectivity index (χ3n) is 6.05. The Morgan fingerprint density at radius 2 is 1.94 bits per heavy atom. The highest BCUT2D eigenvalue weighted by Gasteiger charge is 2.66. The lowest BCUT2D eigenvalue weighted by Gasteiger charge is -2.66. The zero-order valence-corrected chi connectivity index (χ0v) is 12.3. The van der Waals surface area contributed by atoms with Crippen LogP contribution in [0, 0.1) is 16.7 Å². The van der Waals surface area contributed by atoms with Crippen LogP contribution < -0.4 is 11.1 Å². The van der Waals surface area contributed by atoms with E-state index in [1.807, 2.05) is 0 Å². The quantitative estimate of drug-likeness (QED) is 0.806. The molecular weight excluding hydrogens is 224 g/mol. The van der Waals surface area contributed by atoms with Crippen LogP contribution in [0.5, 0.6) is 0 Å². The Labute approximate surface area is 111 Å². The molecule has 1 heterocycles. The summed E-state index contributed by atoms with van der Waals surface area (Å²) in [6.07, 6.45) is 4.07. The average molecular weight is 252 g/mol. The first-order valence-electron chi connectivity index (χ1n) is 7.43. The van der Waals surface area contributed by atoms with Crippen molar-refractivity contribution in [3.8, 4) is 0 Å². The number of fused-ring (bicyclic) bond motifs is 1. The van der Waals surface area contributed by atoms with E-state index >= 15 is 0 Å². The molecule has 3 fully saturated rings. The molecule has 0 aromatic rings. The van der Waals surface area contributed by atoms with E-state index in [9.17, 15) is 0 Å². The fourth-order valence-corrected chi connectivity index (χ4v) is 4.13. The van der Waals surface area contributed by atoms with Crippen LogP contribution in [0.3, 0.4) is 0 Å².